The van der Waals surface area contributed by atoms with E-state index in [2.05, 4.69) is 14.5 Å². The molecule has 5 aromatic rings. The molecule has 146 valence electrons. The quantitative estimate of drug-likeness (QED) is 0.459. The van der Waals surface area contributed by atoms with Crippen LogP contribution in [-0.2, 0) is 27.1 Å². The number of pyridine rings is 1. The number of hydrogen-bond acceptors (Lipinski definition) is 6. The summed E-state index contributed by atoms with van der Waals surface area (Å²) in [5.41, 5.74) is 3.89. The molecule has 0 aliphatic rings. The molecule has 0 unspecified atom stereocenters. The zero-order chi connectivity index (χ0) is 20.1. The van der Waals surface area contributed by atoms with E-state index in [0.717, 1.165) is 38.6 Å². The number of aryl methyl sites for hydroxylation is 3. The Morgan fingerprint density at radius 1 is 1.10 bits per heavy atom. The second kappa shape index (κ2) is 6.63. The van der Waals surface area contributed by atoms with Gasteiger partial charge >= 0.3 is 0 Å². The molecule has 0 aromatic carbocycles. The monoisotopic (exact) mass is 405 g/mol. The van der Waals surface area contributed by atoms with Crippen LogP contribution in [-0.4, -0.2) is 33.3 Å². The zero-order valence-corrected chi connectivity index (χ0v) is 17.1. The van der Waals surface area contributed by atoms with Crippen LogP contribution in [0.1, 0.15) is 22.1 Å². The van der Waals surface area contributed by atoms with Gasteiger partial charge in [0.05, 0.1) is 23.8 Å². The van der Waals surface area contributed by atoms with E-state index in [0.29, 0.717) is 18.5 Å². The first-order valence-corrected chi connectivity index (χ1v) is 10.0. The van der Waals surface area contributed by atoms with Crippen molar-refractivity contribution >= 4 is 33.6 Å². The van der Waals surface area contributed by atoms with E-state index >= 15 is 0 Å². The van der Waals surface area contributed by atoms with Crippen molar-refractivity contribution in [2.75, 3.05) is 0 Å². The maximum atomic E-state index is 13.2. The maximum Gasteiger partial charge on any atom is 0.291 e. The van der Waals surface area contributed by atoms with Crippen LogP contribution in [0.25, 0.3) is 22.1 Å². The van der Waals surface area contributed by atoms with Crippen LogP contribution in [0, 0.1) is 6.92 Å². The molecule has 0 aliphatic carbocycles. The van der Waals surface area contributed by atoms with Crippen molar-refractivity contribution in [2.45, 2.75) is 19.9 Å². The summed E-state index contributed by atoms with van der Waals surface area (Å²) in [6.45, 7) is 2.27. The van der Waals surface area contributed by atoms with Crippen molar-refractivity contribution in [1.29, 1.82) is 0 Å². The summed E-state index contributed by atoms with van der Waals surface area (Å²) >= 11 is 1.47. The van der Waals surface area contributed by atoms with E-state index in [1.165, 1.54) is 16.2 Å². The molecule has 0 radical (unpaired) electrons. The summed E-state index contributed by atoms with van der Waals surface area (Å²) in [5.74, 6) is 0.935. The predicted molar refractivity (Wildman–Crippen MR) is 112 cm³/mol. The molecule has 0 N–H and O–H groups in total. The van der Waals surface area contributed by atoms with Gasteiger partial charge in [0, 0.05) is 37.3 Å². The lowest BCUT2D eigenvalue weighted by Gasteiger charge is -2.07. The molecule has 0 bridgehead atoms. The van der Waals surface area contributed by atoms with Gasteiger partial charge in [-0.2, -0.15) is 5.10 Å². The summed E-state index contributed by atoms with van der Waals surface area (Å²) in [7, 11) is 3.88. The smallest absolute Gasteiger partial charge is 0.291 e. The van der Waals surface area contributed by atoms with Gasteiger partial charge in [0.2, 0.25) is 0 Å². The SMILES string of the molecule is Cc1cccc(Cn2ncc3c4nc(Cc5ccns5)n(C)c4n(C)c3c2=O)n1. The maximum absolute atomic E-state index is 13.2. The van der Waals surface area contributed by atoms with Crippen LogP contribution in [0.15, 0.2) is 41.5 Å². The third kappa shape index (κ3) is 2.85. The van der Waals surface area contributed by atoms with Crippen LogP contribution in [0.3, 0.4) is 0 Å². The fourth-order valence-corrected chi connectivity index (χ4v) is 4.35. The van der Waals surface area contributed by atoms with Crippen molar-refractivity contribution in [1.82, 2.24) is 33.3 Å². The number of nitrogens with zero attached hydrogens (tertiary/aromatic N) is 7. The van der Waals surface area contributed by atoms with E-state index < -0.39 is 0 Å². The van der Waals surface area contributed by atoms with E-state index in [1.807, 2.05) is 54.4 Å². The Hall–Kier alpha value is -3.33. The molecule has 0 spiro atoms. The lowest BCUT2D eigenvalue weighted by Crippen LogP contribution is -2.25. The average molecular weight is 405 g/mol. The Morgan fingerprint density at radius 2 is 1.97 bits per heavy atom. The molecule has 0 saturated carbocycles. The summed E-state index contributed by atoms with van der Waals surface area (Å²) in [4.78, 5) is 23.6. The molecule has 0 saturated heterocycles. The minimum Gasteiger partial charge on any atom is -0.324 e. The van der Waals surface area contributed by atoms with E-state index in [1.54, 1.807) is 12.4 Å². The van der Waals surface area contributed by atoms with Gasteiger partial charge in [-0.15, -0.1) is 0 Å². The summed E-state index contributed by atoms with van der Waals surface area (Å²) < 4.78 is 9.58. The van der Waals surface area contributed by atoms with Gasteiger partial charge in [0.1, 0.15) is 22.5 Å². The Kier molecular flexibility index (Phi) is 4.06. The Bertz CT molecular complexity index is 1410. The third-order valence-electron chi connectivity index (χ3n) is 5.17. The zero-order valence-electron chi connectivity index (χ0n) is 16.3. The first-order chi connectivity index (χ1) is 14.0. The minimum atomic E-state index is -0.143. The van der Waals surface area contributed by atoms with Gasteiger partial charge in [-0.05, 0) is 36.7 Å². The van der Waals surface area contributed by atoms with Gasteiger partial charge in [0.25, 0.3) is 5.56 Å². The first kappa shape index (κ1) is 17.7. The number of fused-ring (bicyclic) bond motifs is 3. The molecule has 0 fully saturated rings. The van der Waals surface area contributed by atoms with Crippen molar-refractivity contribution in [2.24, 2.45) is 14.1 Å². The van der Waals surface area contributed by atoms with Gasteiger partial charge in [-0.25, -0.2) is 14.0 Å². The molecular formula is C20H19N7OS. The summed E-state index contributed by atoms with van der Waals surface area (Å²) in [6, 6.07) is 7.77. The number of hydrogen-bond donors (Lipinski definition) is 0. The molecule has 5 rings (SSSR count). The Labute approximate surface area is 170 Å². The highest BCUT2D eigenvalue weighted by molar-refractivity contribution is 7.05. The minimum absolute atomic E-state index is 0.143. The highest BCUT2D eigenvalue weighted by Gasteiger charge is 2.20. The van der Waals surface area contributed by atoms with E-state index in [4.69, 9.17) is 4.98 Å². The van der Waals surface area contributed by atoms with Crippen molar-refractivity contribution in [3.05, 3.63) is 69.1 Å². The molecular weight excluding hydrogens is 386 g/mol. The molecule has 5 aromatic heterocycles. The van der Waals surface area contributed by atoms with E-state index in [9.17, 15) is 4.79 Å². The molecule has 29 heavy (non-hydrogen) atoms. The molecule has 5 heterocycles. The van der Waals surface area contributed by atoms with Gasteiger partial charge in [-0.3, -0.25) is 9.78 Å². The molecule has 0 aliphatic heterocycles. The topological polar surface area (TPSA) is 83.4 Å². The van der Waals surface area contributed by atoms with Crippen molar-refractivity contribution < 1.29 is 0 Å². The number of rotatable bonds is 4. The number of imidazole rings is 1. The first-order valence-electron chi connectivity index (χ1n) is 9.25. The number of aromatic nitrogens is 7. The lowest BCUT2D eigenvalue weighted by molar-refractivity contribution is 0.631. The Morgan fingerprint density at radius 3 is 2.72 bits per heavy atom. The second-order valence-corrected chi connectivity index (χ2v) is 8.03. The molecule has 8 nitrogen and oxygen atoms in total. The van der Waals surface area contributed by atoms with Gasteiger partial charge < -0.3 is 9.13 Å². The van der Waals surface area contributed by atoms with E-state index in [-0.39, 0.29) is 5.56 Å². The fourth-order valence-electron chi connectivity index (χ4n) is 3.78. The summed E-state index contributed by atoms with van der Waals surface area (Å²) in [6.07, 6.45) is 4.24. The predicted octanol–water partition coefficient (Wildman–Crippen LogP) is 2.42. The van der Waals surface area contributed by atoms with Crippen LogP contribution in [0.5, 0.6) is 0 Å². The highest BCUT2D eigenvalue weighted by atomic mass is 32.1. The van der Waals surface area contributed by atoms with Crippen LogP contribution in [0.2, 0.25) is 0 Å². The normalized spacial score (nSPS) is 11.7. The summed E-state index contributed by atoms with van der Waals surface area (Å²) in [5, 5.41) is 5.17. The van der Waals surface area contributed by atoms with Crippen LogP contribution >= 0.6 is 11.5 Å². The second-order valence-electron chi connectivity index (χ2n) is 7.11. The fraction of sp³-hybridized carbons (Fsp3) is 0.250. The van der Waals surface area contributed by atoms with Gasteiger partial charge in [-0.1, -0.05) is 6.07 Å². The molecule has 0 atom stereocenters. The Balaban J connectivity index is 1.63. The lowest BCUT2D eigenvalue weighted by atomic mass is 10.3. The average Bonchev–Trinajstić information content (AvgIpc) is 3.38. The van der Waals surface area contributed by atoms with Crippen molar-refractivity contribution in [3.63, 3.8) is 0 Å². The molecule has 0 amide bonds. The standard InChI is InChI=1S/C20H19N7OS/c1-12-5-4-6-13(23-12)11-27-20(28)18-15(10-21-27)17-19(26(18)3)25(2)16(24-17)9-14-7-8-22-29-14/h4-8,10H,9,11H2,1-3H3. The van der Waals surface area contributed by atoms with Gasteiger partial charge in [0.15, 0.2) is 0 Å². The molecule has 9 heteroatoms. The largest absolute Gasteiger partial charge is 0.324 e. The van der Waals surface area contributed by atoms with Crippen molar-refractivity contribution in [3.8, 4) is 0 Å². The van der Waals surface area contributed by atoms with Crippen LogP contribution in [0.4, 0.5) is 0 Å². The van der Waals surface area contributed by atoms with Crippen LogP contribution < -0.4 is 5.56 Å². The third-order valence-corrected chi connectivity index (χ3v) is 5.91. The highest BCUT2D eigenvalue weighted by Crippen LogP contribution is 2.26.